The summed E-state index contributed by atoms with van der Waals surface area (Å²) in [4.78, 5) is 12.4. The van der Waals surface area contributed by atoms with Crippen molar-refractivity contribution in [3.05, 3.63) is 50.6 Å². The smallest absolute Gasteiger partial charge is 0.181 e. The number of benzene rings is 1. The average molecular weight is 363 g/mol. The van der Waals surface area contributed by atoms with E-state index < -0.39 is 9.84 Å². The third-order valence-electron chi connectivity index (χ3n) is 2.84. The normalized spacial score (nSPS) is 11.5. The average Bonchev–Trinajstić information content (AvgIpc) is 2.91. The molecule has 1 aromatic heterocycles. The fourth-order valence-electron chi connectivity index (χ4n) is 1.86. The van der Waals surface area contributed by atoms with Crippen molar-refractivity contribution in [2.75, 3.05) is 5.75 Å². The molecule has 0 aliphatic carbocycles. The van der Waals surface area contributed by atoms with E-state index in [0.29, 0.717) is 4.88 Å². The molecule has 0 amide bonds. The lowest BCUT2D eigenvalue weighted by Gasteiger charge is -2.08. The van der Waals surface area contributed by atoms with Crippen LogP contribution in [-0.2, 0) is 9.84 Å². The van der Waals surface area contributed by atoms with Crippen molar-refractivity contribution in [1.82, 2.24) is 0 Å². The fourth-order valence-corrected chi connectivity index (χ4v) is 5.12. The minimum atomic E-state index is -3.60. The number of halogens is 2. The Labute approximate surface area is 137 Å². The van der Waals surface area contributed by atoms with Gasteiger partial charge in [0.1, 0.15) is 4.90 Å². The first-order valence-corrected chi connectivity index (χ1v) is 9.44. The van der Waals surface area contributed by atoms with Crippen LogP contribution in [0.15, 0.2) is 40.6 Å². The van der Waals surface area contributed by atoms with Crippen LogP contribution in [0.25, 0.3) is 0 Å². The molecule has 112 valence electrons. The zero-order chi connectivity index (χ0) is 15.5. The summed E-state index contributed by atoms with van der Waals surface area (Å²) in [5, 5.41) is 2.02. The first-order valence-electron chi connectivity index (χ1n) is 6.15. The highest BCUT2D eigenvalue weighted by Gasteiger charge is 2.21. The van der Waals surface area contributed by atoms with Crippen molar-refractivity contribution in [3.63, 3.8) is 0 Å². The van der Waals surface area contributed by atoms with Crippen LogP contribution in [0.5, 0.6) is 0 Å². The number of carbonyl (C=O) groups is 1. The van der Waals surface area contributed by atoms with Crippen LogP contribution in [0.2, 0.25) is 10.0 Å². The van der Waals surface area contributed by atoms with E-state index in [-0.39, 0.29) is 39.3 Å². The number of hydrogen-bond donors (Lipinski definition) is 0. The molecule has 3 nitrogen and oxygen atoms in total. The Kier molecular flexibility index (Phi) is 5.43. The van der Waals surface area contributed by atoms with Gasteiger partial charge in [0.25, 0.3) is 0 Å². The van der Waals surface area contributed by atoms with Gasteiger partial charge in [0.2, 0.25) is 0 Å². The Bertz CT molecular complexity index is 717. The molecule has 0 bridgehead atoms. The van der Waals surface area contributed by atoms with E-state index in [4.69, 9.17) is 23.2 Å². The maximum Gasteiger partial charge on any atom is 0.181 e. The molecule has 0 fully saturated rings. The zero-order valence-corrected chi connectivity index (χ0v) is 14.0. The largest absolute Gasteiger partial charge is 0.293 e. The van der Waals surface area contributed by atoms with Gasteiger partial charge in [-0.15, -0.1) is 11.3 Å². The third-order valence-corrected chi connectivity index (χ3v) is 6.50. The molecule has 0 aliphatic rings. The highest BCUT2D eigenvalue weighted by Crippen LogP contribution is 2.30. The van der Waals surface area contributed by atoms with Crippen molar-refractivity contribution < 1.29 is 13.2 Å². The number of thiophene rings is 1. The summed E-state index contributed by atoms with van der Waals surface area (Å²) in [5.41, 5.74) is 0. The van der Waals surface area contributed by atoms with Crippen LogP contribution in [0, 0.1) is 0 Å². The molecule has 0 spiro atoms. The Morgan fingerprint density at radius 2 is 1.76 bits per heavy atom. The highest BCUT2D eigenvalue weighted by molar-refractivity contribution is 7.91. The summed E-state index contributed by atoms with van der Waals surface area (Å²) in [6, 6.07) is 8.07. The van der Waals surface area contributed by atoms with Crippen molar-refractivity contribution >= 4 is 50.2 Å². The van der Waals surface area contributed by atoms with Crippen molar-refractivity contribution in [2.45, 2.75) is 17.7 Å². The molecule has 2 rings (SSSR count). The lowest BCUT2D eigenvalue weighted by atomic mass is 10.2. The molecular weight excluding hydrogens is 351 g/mol. The van der Waals surface area contributed by atoms with Gasteiger partial charge in [0.05, 0.1) is 20.7 Å². The predicted molar refractivity (Wildman–Crippen MR) is 86.4 cm³/mol. The summed E-state index contributed by atoms with van der Waals surface area (Å²) < 4.78 is 24.5. The quantitative estimate of drug-likeness (QED) is 0.711. The van der Waals surface area contributed by atoms with Gasteiger partial charge >= 0.3 is 0 Å². The van der Waals surface area contributed by atoms with E-state index in [1.165, 1.54) is 23.5 Å². The summed E-state index contributed by atoms with van der Waals surface area (Å²) in [5.74, 6) is -0.210. The van der Waals surface area contributed by atoms with Gasteiger partial charge in [-0.3, -0.25) is 4.79 Å². The lowest BCUT2D eigenvalue weighted by molar-refractivity contribution is 0.0986. The van der Waals surface area contributed by atoms with Gasteiger partial charge in [-0.1, -0.05) is 35.3 Å². The molecule has 1 aromatic carbocycles. The van der Waals surface area contributed by atoms with E-state index in [1.54, 1.807) is 18.2 Å². The maximum atomic E-state index is 12.3. The Hall–Kier alpha value is -0.880. The lowest BCUT2D eigenvalue weighted by Crippen LogP contribution is -2.10. The predicted octanol–water partition coefficient (Wildman–Crippen LogP) is 4.49. The monoisotopic (exact) mass is 362 g/mol. The second-order valence-electron chi connectivity index (χ2n) is 4.37. The highest BCUT2D eigenvalue weighted by atomic mass is 35.5. The molecular formula is C14H12Cl2O3S2. The number of hydrogen-bond acceptors (Lipinski definition) is 4. The van der Waals surface area contributed by atoms with Gasteiger partial charge in [-0.2, -0.15) is 0 Å². The van der Waals surface area contributed by atoms with Gasteiger partial charge in [-0.25, -0.2) is 8.42 Å². The topological polar surface area (TPSA) is 51.2 Å². The summed E-state index contributed by atoms with van der Waals surface area (Å²) in [7, 11) is -3.60. The molecule has 0 unspecified atom stereocenters. The molecule has 7 heteroatoms. The van der Waals surface area contributed by atoms with Crippen LogP contribution < -0.4 is 0 Å². The number of Topliss-reactive ketones (excluding diaryl/α,β-unsaturated/α-hetero) is 1. The molecule has 0 atom stereocenters. The Morgan fingerprint density at radius 1 is 1.10 bits per heavy atom. The molecule has 0 saturated carbocycles. The molecule has 0 N–H and O–H groups in total. The molecule has 2 aromatic rings. The minimum absolute atomic E-state index is 0.0505. The van der Waals surface area contributed by atoms with E-state index in [2.05, 4.69) is 0 Å². The van der Waals surface area contributed by atoms with Crippen molar-refractivity contribution in [3.8, 4) is 0 Å². The molecule has 0 saturated heterocycles. The van der Waals surface area contributed by atoms with Crippen LogP contribution in [0.1, 0.15) is 22.5 Å². The SMILES string of the molecule is O=C(CCCS(=O)(=O)c1c(Cl)cccc1Cl)c1cccs1. The number of carbonyl (C=O) groups excluding carboxylic acids is 1. The zero-order valence-electron chi connectivity index (χ0n) is 10.9. The fraction of sp³-hybridized carbons (Fsp3) is 0.214. The van der Waals surface area contributed by atoms with E-state index in [1.807, 2.05) is 5.38 Å². The van der Waals surface area contributed by atoms with Crippen LogP contribution in [-0.4, -0.2) is 20.0 Å². The van der Waals surface area contributed by atoms with Gasteiger partial charge < -0.3 is 0 Å². The molecule has 1 heterocycles. The summed E-state index contributed by atoms with van der Waals surface area (Å²) in [6.45, 7) is 0. The number of sulfone groups is 1. The molecule has 21 heavy (non-hydrogen) atoms. The summed E-state index contributed by atoms with van der Waals surface area (Å²) >= 11 is 13.2. The first-order chi connectivity index (χ1) is 9.92. The maximum absolute atomic E-state index is 12.3. The molecule has 0 radical (unpaired) electrons. The van der Waals surface area contributed by atoms with Crippen LogP contribution >= 0.6 is 34.5 Å². The van der Waals surface area contributed by atoms with Crippen molar-refractivity contribution in [1.29, 1.82) is 0 Å². The standard InChI is InChI=1S/C14H12Cl2O3S2/c15-10-4-1-5-11(16)14(10)21(18,19)9-3-6-12(17)13-7-2-8-20-13/h1-2,4-5,7-8H,3,6,9H2. The number of rotatable bonds is 6. The second-order valence-corrected chi connectivity index (χ2v) is 8.18. The van der Waals surface area contributed by atoms with Gasteiger partial charge in [-0.05, 0) is 30.0 Å². The van der Waals surface area contributed by atoms with Gasteiger partial charge in [0.15, 0.2) is 15.6 Å². The van der Waals surface area contributed by atoms with Crippen molar-refractivity contribution in [2.24, 2.45) is 0 Å². The van der Waals surface area contributed by atoms with Crippen LogP contribution in [0.3, 0.4) is 0 Å². The van der Waals surface area contributed by atoms with E-state index >= 15 is 0 Å². The minimum Gasteiger partial charge on any atom is -0.293 e. The Balaban J connectivity index is 2.04. The van der Waals surface area contributed by atoms with E-state index in [9.17, 15) is 13.2 Å². The second kappa shape index (κ2) is 6.92. The van der Waals surface area contributed by atoms with Gasteiger partial charge in [0, 0.05) is 6.42 Å². The first kappa shape index (κ1) is 16.5. The Morgan fingerprint density at radius 3 is 2.33 bits per heavy atom. The summed E-state index contributed by atoms with van der Waals surface area (Å²) in [6.07, 6.45) is 0.419. The van der Waals surface area contributed by atoms with Crippen LogP contribution in [0.4, 0.5) is 0 Å². The number of ketones is 1. The third kappa shape index (κ3) is 4.07. The van der Waals surface area contributed by atoms with E-state index in [0.717, 1.165) is 0 Å². The molecule has 0 aliphatic heterocycles.